The van der Waals surface area contributed by atoms with Gasteiger partial charge in [-0.2, -0.15) is 0 Å². The molecular weight excluding hydrogens is 486 g/mol. The lowest BCUT2D eigenvalue weighted by atomic mass is 9.93. The zero-order chi connectivity index (χ0) is 26.4. The van der Waals surface area contributed by atoms with Crippen molar-refractivity contribution < 1.29 is 28.3 Å². The quantitative estimate of drug-likeness (QED) is 0.336. The fourth-order valence-corrected chi connectivity index (χ4v) is 5.61. The van der Waals surface area contributed by atoms with E-state index in [9.17, 15) is 14.4 Å². The molecule has 1 fully saturated rings. The van der Waals surface area contributed by atoms with Crippen LogP contribution in [0, 0.1) is 0 Å². The number of esters is 2. The van der Waals surface area contributed by atoms with Gasteiger partial charge < -0.3 is 18.8 Å². The molecule has 0 radical (unpaired) electrons. The molecule has 0 bridgehead atoms. The van der Waals surface area contributed by atoms with Gasteiger partial charge in [0.2, 0.25) is 8.32 Å². The smallest absolute Gasteiger partial charge is 0.341 e. The van der Waals surface area contributed by atoms with E-state index in [1.807, 2.05) is 80.3 Å². The third kappa shape index (κ3) is 6.68. The molecule has 0 spiro atoms. The highest BCUT2D eigenvalue weighted by molar-refractivity contribution is 6.70. The normalized spacial score (nSPS) is 18.6. The summed E-state index contributed by atoms with van der Waals surface area (Å²) in [5.41, 5.74) is 1.58. The molecular formula is C29H35NO6Si. The standard InChI is InChI=1S/C29H35NO6Si/c1-37(2,3)36-26-24(28(32)34-19-21-13-7-4-8-14-21)25(29(33)35-20-22-15-9-5-10-16-22)30(27(26)31)23-17-11-6-12-18-23/h4-5,7-10,13-16,23,25H,6,11-12,17-20H2,1-3H3. The van der Waals surface area contributed by atoms with Crippen molar-refractivity contribution in [3.63, 3.8) is 0 Å². The number of hydrogen-bond acceptors (Lipinski definition) is 6. The second-order valence-corrected chi connectivity index (χ2v) is 14.9. The van der Waals surface area contributed by atoms with Gasteiger partial charge in [0.05, 0.1) is 0 Å². The van der Waals surface area contributed by atoms with Crippen LogP contribution in [-0.2, 0) is 41.5 Å². The number of ether oxygens (including phenoxy) is 2. The Kier molecular flexibility index (Phi) is 8.48. The molecule has 1 heterocycles. The Hall–Kier alpha value is -3.39. The molecule has 1 unspecified atom stereocenters. The van der Waals surface area contributed by atoms with Gasteiger partial charge in [0.15, 0.2) is 11.8 Å². The fraction of sp³-hybridized carbons (Fsp3) is 0.414. The Morgan fingerprint density at radius 1 is 0.838 bits per heavy atom. The van der Waals surface area contributed by atoms with Gasteiger partial charge in [-0.1, -0.05) is 79.9 Å². The molecule has 196 valence electrons. The molecule has 1 atom stereocenters. The number of benzene rings is 2. The minimum absolute atomic E-state index is 0.0206. The highest BCUT2D eigenvalue weighted by Gasteiger charge is 2.52. The van der Waals surface area contributed by atoms with Crippen molar-refractivity contribution in [2.45, 2.75) is 77.0 Å². The van der Waals surface area contributed by atoms with E-state index in [-0.39, 0.29) is 30.6 Å². The number of carbonyl (C=O) groups is 3. The van der Waals surface area contributed by atoms with E-state index in [2.05, 4.69) is 0 Å². The zero-order valence-electron chi connectivity index (χ0n) is 21.8. The summed E-state index contributed by atoms with van der Waals surface area (Å²) in [6.45, 7) is 5.87. The van der Waals surface area contributed by atoms with Gasteiger partial charge in [-0.05, 0) is 43.6 Å². The van der Waals surface area contributed by atoms with E-state index in [1.165, 1.54) is 4.90 Å². The molecule has 37 heavy (non-hydrogen) atoms. The molecule has 1 aliphatic carbocycles. The molecule has 0 N–H and O–H groups in total. The predicted molar refractivity (Wildman–Crippen MR) is 141 cm³/mol. The van der Waals surface area contributed by atoms with Crippen LogP contribution in [0.4, 0.5) is 0 Å². The second kappa shape index (κ2) is 11.8. The molecule has 8 heteroatoms. The van der Waals surface area contributed by atoms with Crippen LogP contribution < -0.4 is 0 Å². The highest BCUT2D eigenvalue weighted by atomic mass is 28.4. The Morgan fingerprint density at radius 3 is 1.92 bits per heavy atom. The zero-order valence-corrected chi connectivity index (χ0v) is 22.8. The van der Waals surface area contributed by atoms with Crippen molar-refractivity contribution in [2.24, 2.45) is 0 Å². The van der Waals surface area contributed by atoms with Crippen LogP contribution in [0.1, 0.15) is 43.2 Å². The second-order valence-electron chi connectivity index (χ2n) is 10.5. The van der Waals surface area contributed by atoms with Crippen molar-refractivity contribution in [1.82, 2.24) is 4.90 Å². The van der Waals surface area contributed by atoms with Crippen molar-refractivity contribution in [2.75, 3.05) is 0 Å². The first-order valence-corrected chi connectivity index (χ1v) is 16.3. The SMILES string of the molecule is C[Si](C)(C)OC1=C(C(=O)OCc2ccccc2)C(C(=O)OCc2ccccc2)N(C2CCCCC2)C1=O. The van der Waals surface area contributed by atoms with E-state index in [0.29, 0.717) is 0 Å². The highest BCUT2D eigenvalue weighted by Crippen LogP contribution is 2.36. The molecule has 2 aromatic rings. The van der Waals surface area contributed by atoms with E-state index in [1.54, 1.807) is 0 Å². The maximum absolute atomic E-state index is 13.8. The number of amides is 1. The molecule has 2 aromatic carbocycles. The number of carbonyl (C=O) groups excluding carboxylic acids is 3. The number of rotatable bonds is 9. The summed E-state index contributed by atoms with van der Waals surface area (Å²) < 4.78 is 17.5. The summed E-state index contributed by atoms with van der Waals surface area (Å²) in [7, 11) is -2.32. The van der Waals surface area contributed by atoms with Crippen LogP contribution in [0.5, 0.6) is 0 Å². The lowest BCUT2D eigenvalue weighted by molar-refractivity contribution is -0.156. The summed E-state index contributed by atoms with van der Waals surface area (Å²) in [6, 6.07) is 17.2. The van der Waals surface area contributed by atoms with Crippen LogP contribution in [0.25, 0.3) is 0 Å². The summed E-state index contributed by atoms with van der Waals surface area (Å²) >= 11 is 0. The van der Waals surface area contributed by atoms with Gasteiger partial charge in [-0.15, -0.1) is 0 Å². The first-order chi connectivity index (χ1) is 17.7. The third-order valence-corrected chi connectivity index (χ3v) is 7.30. The molecule has 4 rings (SSSR count). The molecule has 1 aliphatic heterocycles. The first-order valence-electron chi connectivity index (χ1n) is 12.9. The summed E-state index contributed by atoms with van der Waals surface area (Å²) in [4.78, 5) is 42.5. The van der Waals surface area contributed by atoms with E-state index < -0.39 is 32.2 Å². The first kappa shape index (κ1) is 26.7. The molecule has 0 aromatic heterocycles. The molecule has 2 aliphatic rings. The Morgan fingerprint density at radius 2 is 1.38 bits per heavy atom. The van der Waals surface area contributed by atoms with E-state index in [0.717, 1.165) is 43.2 Å². The molecule has 1 amide bonds. The maximum Gasteiger partial charge on any atom is 0.341 e. The lowest BCUT2D eigenvalue weighted by Crippen LogP contribution is -2.49. The fourth-order valence-electron chi connectivity index (χ4n) is 4.80. The van der Waals surface area contributed by atoms with Gasteiger partial charge in [-0.25, -0.2) is 9.59 Å². The lowest BCUT2D eigenvalue weighted by Gasteiger charge is -2.35. The van der Waals surface area contributed by atoms with Gasteiger partial charge in [0, 0.05) is 6.04 Å². The summed E-state index contributed by atoms with van der Waals surface area (Å²) in [6.07, 6.45) is 4.53. The van der Waals surface area contributed by atoms with Gasteiger partial charge in [-0.3, -0.25) is 4.79 Å². The van der Waals surface area contributed by atoms with E-state index in [4.69, 9.17) is 13.9 Å². The minimum Gasteiger partial charge on any atom is -0.540 e. The number of hydrogen-bond donors (Lipinski definition) is 0. The average molecular weight is 522 g/mol. The van der Waals surface area contributed by atoms with Crippen molar-refractivity contribution >= 4 is 26.2 Å². The molecule has 7 nitrogen and oxygen atoms in total. The minimum atomic E-state index is -2.32. The van der Waals surface area contributed by atoms with E-state index >= 15 is 0 Å². The molecule has 1 saturated carbocycles. The summed E-state index contributed by atoms with van der Waals surface area (Å²) in [5, 5.41) is 0. The van der Waals surface area contributed by atoms with Crippen LogP contribution in [-0.4, -0.2) is 43.1 Å². The third-order valence-electron chi connectivity index (χ3n) is 6.48. The van der Waals surface area contributed by atoms with Crippen molar-refractivity contribution in [3.05, 3.63) is 83.1 Å². The maximum atomic E-state index is 13.8. The Labute approximate surface area is 219 Å². The van der Waals surface area contributed by atoms with Gasteiger partial charge in [0.1, 0.15) is 18.8 Å². The van der Waals surface area contributed by atoms with Crippen molar-refractivity contribution in [3.8, 4) is 0 Å². The van der Waals surface area contributed by atoms with Gasteiger partial charge in [0.25, 0.3) is 5.91 Å². The molecule has 0 saturated heterocycles. The monoisotopic (exact) mass is 521 g/mol. The summed E-state index contributed by atoms with van der Waals surface area (Å²) in [5.74, 6) is -1.87. The van der Waals surface area contributed by atoms with Crippen LogP contribution in [0.2, 0.25) is 19.6 Å². The van der Waals surface area contributed by atoms with Crippen LogP contribution in [0.15, 0.2) is 72.0 Å². The van der Waals surface area contributed by atoms with Crippen LogP contribution in [0.3, 0.4) is 0 Å². The Balaban J connectivity index is 1.67. The van der Waals surface area contributed by atoms with Gasteiger partial charge >= 0.3 is 11.9 Å². The topological polar surface area (TPSA) is 82.1 Å². The van der Waals surface area contributed by atoms with Crippen molar-refractivity contribution in [1.29, 1.82) is 0 Å². The predicted octanol–water partition coefficient (Wildman–Crippen LogP) is 5.12. The largest absolute Gasteiger partial charge is 0.540 e. The van der Waals surface area contributed by atoms with Crippen LogP contribution >= 0.6 is 0 Å². The average Bonchev–Trinajstić information content (AvgIpc) is 3.18. The number of nitrogens with zero attached hydrogens (tertiary/aromatic N) is 1. The Bertz CT molecular complexity index is 1140.